The SMILES string of the molecule is CC1CN(C(=O)c2c3c(nn2C)CCCC3)CCN1c1ccc(F)cn1. The van der Waals surface area contributed by atoms with Crippen molar-refractivity contribution in [2.45, 2.75) is 38.6 Å². The minimum absolute atomic E-state index is 0.0710. The second-order valence-electron chi connectivity index (χ2n) is 7.23. The predicted octanol–water partition coefficient (Wildman–Crippen LogP) is 2.18. The third kappa shape index (κ3) is 2.95. The van der Waals surface area contributed by atoms with Crippen molar-refractivity contribution in [3.05, 3.63) is 41.1 Å². The molecule has 1 saturated heterocycles. The number of hydrogen-bond acceptors (Lipinski definition) is 4. The molecule has 2 aromatic heterocycles. The summed E-state index contributed by atoms with van der Waals surface area (Å²) in [4.78, 5) is 21.4. The molecule has 0 N–H and O–H groups in total. The minimum atomic E-state index is -0.337. The number of carbonyl (C=O) groups is 1. The fraction of sp³-hybridized carbons (Fsp3) is 0.526. The van der Waals surface area contributed by atoms with E-state index in [4.69, 9.17) is 0 Å². The molecule has 2 aliphatic rings. The number of halogens is 1. The zero-order valence-corrected chi connectivity index (χ0v) is 15.3. The molecule has 26 heavy (non-hydrogen) atoms. The van der Waals surface area contributed by atoms with Crippen LogP contribution in [0, 0.1) is 5.82 Å². The van der Waals surface area contributed by atoms with Gasteiger partial charge in [0, 0.05) is 38.3 Å². The van der Waals surface area contributed by atoms with E-state index in [0.29, 0.717) is 19.6 Å². The molecule has 0 spiro atoms. The molecule has 0 radical (unpaired) electrons. The summed E-state index contributed by atoms with van der Waals surface area (Å²) in [6.45, 7) is 4.01. The first-order valence-corrected chi connectivity index (χ1v) is 9.27. The van der Waals surface area contributed by atoms with E-state index < -0.39 is 0 Å². The van der Waals surface area contributed by atoms with Crippen LogP contribution in [0.5, 0.6) is 0 Å². The van der Waals surface area contributed by atoms with Crippen molar-refractivity contribution >= 4 is 11.7 Å². The Hall–Kier alpha value is -2.44. The Kier molecular flexibility index (Phi) is 4.38. The average Bonchev–Trinajstić information content (AvgIpc) is 2.97. The quantitative estimate of drug-likeness (QED) is 0.827. The van der Waals surface area contributed by atoms with Gasteiger partial charge in [0.2, 0.25) is 0 Å². The summed E-state index contributed by atoms with van der Waals surface area (Å²) in [5.74, 6) is 0.488. The van der Waals surface area contributed by atoms with Gasteiger partial charge in [-0.25, -0.2) is 9.37 Å². The predicted molar refractivity (Wildman–Crippen MR) is 96.8 cm³/mol. The Labute approximate surface area is 152 Å². The maximum atomic E-state index is 13.2. The van der Waals surface area contributed by atoms with E-state index in [9.17, 15) is 9.18 Å². The lowest BCUT2D eigenvalue weighted by molar-refractivity contribution is 0.0713. The van der Waals surface area contributed by atoms with Gasteiger partial charge in [0.1, 0.15) is 17.3 Å². The second-order valence-corrected chi connectivity index (χ2v) is 7.23. The van der Waals surface area contributed by atoms with E-state index in [2.05, 4.69) is 21.9 Å². The Balaban J connectivity index is 1.51. The highest BCUT2D eigenvalue weighted by Crippen LogP contribution is 2.26. The number of rotatable bonds is 2. The number of fused-ring (bicyclic) bond motifs is 1. The van der Waals surface area contributed by atoms with E-state index in [0.717, 1.165) is 48.5 Å². The third-order valence-corrected chi connectivity index (χ3v) is 5.44. The maximum absolute atomic E-state index is 13.2. The van der Waals surface area contributed by atoms with E-state index >= 15 is 0 Å². The van der Waals surface area contributed by atoms with Crippen LogP contribution in [0.3, 0.4) is 0 Å². The molecule has 1 unspecified atom stereocenters. The molecule has 1 aliphatic carbocycles. The van der Waals surface area contributed by atoms with Gasteiger partial charge in [0.25, 0.3) is 5.91 Å². The van der Waals surface area contributed by atoms with Crippen LogP contribution in [0.4, 0.5) is 10.2 Å². The van der Waals surface area contributed by atoms with Crippen LogP contribution >= 0.6 is 0 Å². The largest absolute Gasteiger partial charge is 0.350 e. The first-order chi connectivity index (χ1) is 12.5. The standard InChI is InChI=1S/C19H24FN5O/c1-13-12-24(9-10-25(13)17-8-7-14(20)11-21-17)19(26)18-15-5-3-4-6-16(15)22-23(18)2/h7-8,11,13H,3-6,9-10,12H2,1-2H3. The number of hydrogen-bond donors (Lipinski definition) is 0. The van der Waals surface area contributed by atoms with Crippen LogP contribution in [0.15, 0.2) is 18.3 Å². The summed E-state index contributed by atoms with van der Waals surface area (Å²) in [5.41, 5.74) is 2.98. The lowest BCUT2D eigenvalue weighted by Crippen LogP contribution is -2.54. The van der Waals surface area contributed by atoms with E-state index in [1.54, 1.807) is 10.7 Å². The van der Waals surface area contributed by atoms with Gasteiger partial charge in [-0.3, -0.25) is 9.48 Å². The second kappa shape index (κ2) is 6.70. The number of aromatic nitrogens is 3. The van der Waals surface area contributed by atoms with Gasteiger partial charge in [-0.1, -0.05) is 0 Å². The smallest absolute Gasteiger partial charge is 0.272 e. The molecule has 1 fully saturated rings. The van der Waals surface area contributed by atoms with E-state index in [-0.39, 0.29) is 17.8 Å². The highest BCUT2D eigenvalue weighted by atomic mass is 19.1. The van der Waals surface area contributed by atoms with Gasteiger partial charge >= 0.3 is 0 Å². The summed E-state index contributed by atoms with van der Waals surface area (Å²) in [5, 5.41) is 4.57. The molecule has 6 nitrogen and oxygen atoms in total. The van der Waals surface area contributed by atoms with Crippen molar-refractivity contribution in [3.63, 3.8) is 0 Å². The van der Waals surface area contributed by atoms with Crippen molar-refractivity contribution in [1.82, 2.24) is 19.7 Å². The molecule has 138 valence electrons. The van der Waals surface area contributed by atoms with Crippen molar-refractivity contribution in [2.24, 2.45) is 7.05 Å². The summed E-state index contributed by atoms with van der Waals surface area (Å²) in [6, 6.07) is 3.24. The molecule has 1 aliphatic heterocycles. The summed E-state index contributed by atoms with van der Waals surface area (Å²) < 4.78 is 14.9. The van der Waals surface area contributed by atoms with Gasteiger partial charge in [-0.15, -0.1) is 0 Å². The molecule has 2 aromatic rings. The molecule has 0 saturated carbocycles. The first kappa shape index (κ1) is 17.0. The lowest BCUT2D eigenvalue weighted by atomic mass is 9.95. The number of aryl methyl sites for hydroxylation is 2. The van der Waals surface area contributed by atoms with Crippen LogP contribution in [0.1, 0.15) is 41.5 Å². The number of nitrogens with zero attached hydrogens (tertiary/aromatic N) is 5. The summed E-state index contributed by atoms with van der Waals surface area (Å²) in [6.07, 6.45) is 5.43. The molecule has 4 rings (SSSR count). The van der Waals surface area contributed by atoms with Gasteiger partial charge in [0.05, 0.1) is 11.9 Å². The number of carbonyl (C=O) groups excluding carboxylic acids is 1. The van der Waals surface area contributed by atoms with Gasteiger partial charge < -0.3 is 9.80 Å². The minimum Gasteiger partial charge on any atom is -0.350 e. The lowest BCUT2D eigenvalue weighted by Gasteiger charge is -2.40. The Morgan fingerprint density at radius 1 is 1.23 bits per heavy atom. The van der Waals surface area contributed by atoms with Crippen molar-refractivity contribution in [2.75, 3.05) is 24.5 Å². The average molecular weight is 357 g/mol. The van der Waals surface area contributed by atoms with Crippen molar-refractivity contribution in [3.8, 4) is 0 Å². The Bertz CT molecular complexity index is 816. The van der Waals surface area contributed by atoms with Crippen molar-refractivity contribution < 1.29 is 9.18 Å². The van der Waals surface area contributed by atoms with Gasteiger partial charge in [-0.2, -0.15) is 5.10 Å². The molecule has 3 heterocycles. The Morgan fingerprint density at radius 2 is 2.04 bits per heavy atom. The van der Waals surface area contributed by atoms with Crippen LogP contribution < -0.4 is 4.90 Å². The molecular weight excluding hydrogens is 333 g/mol. The van der Waals surface area contributed by atoms with E-state index in [1.807, 2.05) is 11.9 Å². The van der Waals surface area contributed by atoms with Crippen LogP contribution in [-0.4, -0.2) is 51.2 Å². The first-order valence-electron chi connectivity index (χ1n) is 9.27. The normalized spacial score (nSPS) is 20.2. The molecule has 1 atom stereocenters. The number of pyridine rings is 1. The van der Waals surface area contributed by atoms with E-state index in [1.165, 1.54) is 12.3 Å². The summed E-state index contributed by atoms with van der Waals surface area (Å²) in [7, 11) is 1.87. The molecule has 0 aromatic carbocycles. The molecule has 7 heteroatoms. The number of piperazine rings is 1. The van der Waals surface area contributed by atoms with Gasteiger partial charge in [0.15, 0.2) is 0 Å². The zero-order chi connectivity index (χ0) is 18.3. The molecule has 1 amide bonds. The van der Waals surface area contributed by atoms with Crippen LogP contribution in [-0.2, 0) is 19.9 Å². The number of anilines is 1. The molecule has 0 bridgehead atoms. The monoisotopic (exact) mass is 357 g/mol. The maximum Gasteiger partial charge on any atom is 0.272 e. The fourth-order valence-corrected chi connectivity index (χ4v) is 4.12. The topological polar surface area (TPSA) is 54.3 Å². The highest BCUT2D eigenvalue weighted by molar-refractivity contribution is 5.94. The van der Waals surface area contributed by atoms with Crippen LogP contribution in [0.2, 0.25) is 0 Å². The zero-order valence-electron chi connectivity index (χ0n) is 15.3. The van der Waals surface area contributed by atoms with Crippen LogP contribution in [0.25, 0.3) is 0 Å². The summed E-state index contributed by atoms with van der Waals surface area (Å²) >= 11 is 0. The van der Waals surface area contributed by atoms with Gasteiger partial charge in [-0.05, 0) is 44.7 Å². The molecular formula is C19H24FN5O. The van der Waals surface area contributed by atoms with Crippen molar-refractivity contribution in [1.29, 1.82) is 0 Å². The fourth-order valence-electron chi connectivity index (χ4n) is 4.12. The number of amides is 1. The Morgan fingerprint density at radius 3 is 2.77 bits per heavy atom. The third-order valence-electron chi connectivity index (χ3n) is 5.44. The highest BCUT2D eigenvalue weighted by Gasteiger charge is 2.32.